The van der Waals surface area contributed by atoms with Crippen molar-refractivity contribution >= 4 is 35.2 Å². The number of hydrogen-bond donors (Lipinski definition) is 2. The maximum Gasteiger partial charge on any atom is 0.347 e. The number of aliphatic imine (C=N–C) groups is 1. The SMILES string of the molecule is NC(N)=NC(=O)N1CCc2cccc(-c3ccc(Cl)cc3Cl)c2C1. The largest absolute Gasteiger partial charge is 0.370 e. The topological polar surface area (TPSA) is 84.7 Å². The lowest BCUT2D eigenvalue weighted by molar-refractivity contribution is 0.203. The molecule has 2 aromatic rings. The highest BCUT2D eigenvalue weighted by atomic mass is 35.5. The Labute approximate surface area is 149 Å². The summed E-state index contributed by atoms with van der Waals surface area (Å²) in [5.41, 5.74) is 14.7. The second-order valence-corrected chi connectivity index (χ2v) is 6.40. The number of carbonyl (C=O) groups is 1. The minimum absolute atomic E-state index is 0.236. The highest BCUT2D eigenvalue weighted by molar-refractivity contribution is 6.36. The fraction of sp³-hybridized carbons (Fsp3) is 0.176. The Kier molecular flexibility index (Phi) is 4.64. The molecule has 0 atom stereocenters. The third-order valence-corrected chi connectivity index (χ3v) is 4.54. The second kappa shape index (κ2) is 6.71. The first-order valence-electron chi connectivity index (χ1n) is 7.40. The zero-order valence-corrected chi connectivity index (χ0v) is 14.3. The molecule has 0 bridgehead atoms. The summed E-state index contributed by atoms with van der Waals surface area (Å²) in [7, 11) is 0. The summed E-state index contributed by atoms with van der Waals surface area (Å²) in [5.74, 6) is -0.236. The molecule has 1 heterocycles. The molecular weight excluding hydrogens is 347 g/mol. The van der Waals surface area contributed by atoms with Crippen molar-refractivity contribution in [2.75, 3.05) is 6.54 Å². The van der Waals surface area contributed by atoms with Gasteiger partial charge in [0.05, 0.1) is 0 Å². The number of benzene rings is 2. The van der Waals surface area contributed by atoms with E-state index in [0.29, 0.717) is 23.1 Å². The van der Waals surface area contributed by atoms with E-state index in [4.69, 9.17) is 34.7 Å². The molecule has 0 saturated heterocycles. The molecule has 0 radical (unpaired) electrons. The third kappa shape index (κ3) is 3.32. The maximum atomic E-state index is 12.1. The van der Waals surface area contributed by atoms with E-state index in [1.54, 1.807) is 17.0 Å². The average Bonchev–Trinajstić information content (AvgIpc) is 2.53. The van der Waals surface area contributed by atoms with Gasteiger partial charge in [0.25, 0.3) is 0 Å². The van der Waals surface area contributed by atoms with Gasteiger partial charge in [0.1, 0.15) is 0 Å². The molecule has 1 aliphatic rings. The fourth-order valence-corrected chi connectivity index (χ4v) is 3.40. The number of urea groups is 1. The average molecular weight is 363 g/mol. The van der Waals surface area contributed by atoms with Crippen molar-refractivity contribution in [2.45, 2.75) is 13.0 Å². The molecule has 124 valence electrons. The predicted octanol–water partition coefficient (Wildman–Crippen LogP) is 3.41. The zero-order chi connectivity index (χ0) is 17.3. The first kappa shape index (κ1) is 16.6. The van der Waals surface area contributed by atoms with Crippen molar-refractivity contribution in [2.24, 2.45) is 16.5 Å². The molecule has 0 aromatic heterocycles. The van der Waals surface area contributed by atoms with Gasteiger partial charge in [-0.15, -0.1) is 0 Å². The van der Waals surface area contributed by atoms with Crippen LogP contribution in [0.15, 0.2) is 41.4 Å². The molecule has 0 saturated carbocycles. The smallest absolute Gasteiger partial charge is 0.347 e. The van der Waals surface area contributed by atoms with Gasteiger partial charge >= 0.3 is 6.03 Å². The van der Waals surface area contributed by atoms with Crippen LogP contribution in [0.5, 0.6) is 0 Å². The van der Waals surface area contributed by atoms with Crippen LogP contribution in [0.4, 0.5) is 4.79 Å². The lowest BCUT2D eigenvalue weighted by Gasteiger charge is -2.29. The van der Waals surface area contributed by atoms with Crippen LogP contribution in [0.2, 0.25) is 10.0 Å². The number of carbonyl (C=O) groups excluding carboxylic acids is 1. The summed E-state index contributed by atoms with van der Waals surface area (Å²) in [6.45, 7) is 1.00. The molecule has 7 heteroatoms. The van der Waals surface area contributed by atoms with Crippen LogP contribution in [0, 0.1) is 0 Å². The lowest BCUT2D eigenvalue weighted by atomic mass is 9.91. The molecule has 3 rings (SSSR count). The van der Waals surface area contributed by atoms with Gasteiger partial charge in [0.2, 0.25) is 0 Å². The summed E-state index contributed by atoms with van der Waals surface area (Å²) < 4.78 is 0. The van der Waals surface area contributed by atoms with Gasteiger partial charge in [-0.2, -0.15) is 4.99 Å². The highest BCUT2D eigenvalue weighted by Gasteiger charge is 2.23. The highest BCUT2D eigenvalue weighted by Crippen LogP contribution is 2.35. The van der Waals surface area contributed by atoms with Gasteiger partial charge < -0.3 is 16.4 Å². The van der Waals surface area contributed by atoms with E-state index < -0.39 is 6.03 Å². The minimum Gasteiger partial charge on any atom is -0.370 e. The van der Waals surface area contributed by atoms with E-state index in [-0.39, 0.29) is 5.96 Å². The number of hydrogen-bond acceptors (Lipinski definition) is 1. The first-order chi connectivity index (χ1) is 11.5. The Morgan fingerprint density at radius 1 is 1.12 bits per heavy atom. The van der Waals surface area contributed by atoms with E-state index in [2.05, 4.69) is 11.1 Å². The summed E-state index contributed by atoms with van der Waals surface area (Å²) in [4.78, 5) is 17.4. The Bertz CT molecular complexity index is 831. The molecular formula is C17H16Cl2N4O. The lowest BCUT2D eigenvalue weighted by Crippen LogP contribution is -2.36. The maximum absolute atomic E-state index is 12.1. The van der Waals surface area contributed by atoms with Crippen molar-refractivity contribution in [3.8, 4) is 11.1 Å². The number of fused-ring (bicyclic) bond motifs is 1. The molecule has 4 N–H and O–H groups in total. The second-order valence-electron chi connectivity index (χ2n) is 5.56. The standard InChI is InChI=1S/C17H16Cl2N4O/c18-11-4-5-13(15(19)8-11)12-3-1-2-10-6-7-23(9-14(10)12)17(24)22-16(20)21/h1-5,8H,6-7,9H2,(H4,20,21,22,24). The Morgan fingerprint density at radius 3 is 2.62 bits per heavy atom. The summed E-state index contributed by atoms with van der Waals surface area (Å²) in [6, 6.07) is 11.0. The van der Waals surface area contributed by atoms with Crippen LogP contribution >= 0.6 is 23.2 Å². The Morgan fingerprint density at radius 2 is 1.92 bits per heavy atom. The molecule has 0 spiro atoms. The molecule has 2 aromatic carbocycles. The van der Waals surface area contributed by atoms with Crippen LogP contribution in [0.3, 0.4) is 0 Å². The monoisotopic (exact) mass is 362 g/mol. The van der Waals surface area contributed by atoms with Crippen molar-refractivity contribution < 1.29 is 4.79 Å². The number of amides is 2. The van der Waals surface area contributed by atoms with Crippen molar-refractivity contribution in [1.82, 2.24) is 4.90 Å². The molecule has 0 aliphatic carbocycles. The van der Waals surface area contributed by atoms with Gasteiger partial charge in [-0.25, -0.2) is 4.79 Å². The number of halogens is 2. The van der Waals surface area contributed by atoms with Crippen molar-refractivity contribution in [3.05, 3.63) is 57.6 Å². The van der Waals surface area contributed by atoms with Gasteiger partial charge in [-0.3, -0.25) is 0 Å². The summed E-state index contributed by atoms with van der Waals surface area (Å²) >= 11 is 12.3. The fourth-order valence-electron chi connectivity index (χ4n) is 2.89. The molecule has 0 fully saturated rings. The molecule has 1 aliphatic heterocycles. The van der Waals surface area contributed by atoms with E-state index >= 15 is 0 Å². The van der Waals surface area contributed by atoms with E-state index in [1.807, 2.05) is 18.2 Å². The minimum atomic E-state index is -0.433. The van der Waals surface area contributed by atoms with Gasteiger partial charge in [-0.05, 0) is 35.2 Å². The van der Waals surface area contributed by atoms with E-state index in [1.165, 1.54) is 5.56 Å². The number of nitrogens with two attached hydrogens (primary N) is 2. The Hall–Kier alpha value is -2.24. The third-order valence-electron chi connectivity index (χ3n) is 3.99. The van der Waals surface area contributed by atoms with Crippen LogP contribution in [0.1, 0.15) is 11.1 Å². The summed E-state index contributed by atoms with van der Waals surface area (Å²) in [5, 5.41) is 1.15. The van der Waals surface area contributed by atoms with Crippen LogP contribution in [-0.4, -0.2) is 23.4 Å². The number of nitrogens with zero attached hydrogens (tertiary/aromatic N) is 2. The van der Waals surface area contributed by atoms with Gasteiger partial charge in [-0.1, -0.05) is 47.5 Å². The van der Waals surface area contributed by atoms with Crippen molar-refractivity contribution in [3.63, 3.8) is 0 Å². The number of rotatable bonds is 1. The van der Waals surface area contributed by atoms with Crippen molar-refractivity contribution in [1.29, 1.82) is 0 Å². The van der Waals surface area contributed by atoms with E-state index in [9.17, 15) is 4.79 Å². The van der Waals surface area contributed by atoms with Gasteiger partial charge in [0.15, 0.2) is 5.96 Å². The molecule has 2 amide bonds. The number of guanidine groups is 1. The van der Waals surface area contributed by atoms with E-state index in [0.717, 1.165) is 23.1 Å². The van der Waals surface area contributed by atoms with Gasteiger partial charge in [0, 0.05) is 28.7 Å². The quantitative estimate of drug-likeness (QED) is 0.602. The first-order valence-corrected chi connectivity index (χ1v) is 8.16. The summed E-state index contributed by atoms with van der Waals surface area (Å²) in [6.07, 6.45) is 0.736. The van der Waals surface area contributed by atoms with Crippen LogP contribution in [0.25, 0.3) is 11.1 Å². The predicted molar refractivity (Wildman–Crippen MR) is 97.2 cm³/mol. The normalized spacial score (nSPS) is 13.3. The van der Waals surface area contributed by atoms with Crippen LogP contribution < -0.4 is 11.5 Å². The molecule has 0 unspecified atom stereocenters. The molecule has 24 heavy (non-hydrogen) atoms. The molecule has 5 nitrogen and oxygen atoms in total. The Balaban J connectivity index is 2.01. The van der Waals surface area contributed by atoms with Crippen LogP contribution in [-0.2, 0) is 13.0 Å². The zero-order valence-electron chi connectivity index (χ0n) is 12.8.